The van der Waals surface area contributed by atoms with Crippen LogP contribution in [0.25, 0.3) is 0 Å². The number of hydrogen-bond acceptors (Lipinski definition) is 4. The average Bonchev–Trinajstić information content (AvgIpc) is 2.69. The fraction of sp³-hybridized carbons (Fsp3) is 0.905. The standard InChI is InChI=1S/C19H35N3O2.C2H6/c1-3-18(23)6-7-19(24)22-11-8-17(9-12-22)5-4-10-21-15-13-20(2)14-16-21;1-2/h17H,3-16H2,1-2H3;1-2H3. The summed E-state index contributed by atoms with van der Waals surface area (Å²) in [5.74, 6) is 1.15. The van der Waals surface area contributed by atoms with Gasteiger partial charge in [-0.05, 0) is 45.2 Å². The summed E-state index contributed by atoms with van der Waals surface area (Å²) in [5.41, 5.74) is 0. The number of piperazine rings is 1. The summed E-state index contributed by atoms with van der Waals surface area (Å²) >= 11 is 0. The molecule has 2 heterocycles. The fourth-order valence-electron chi connectivity index (χ4n) is 3.73. The Kier molecular flexibility index (Phi) is 11.8. The van der Waals surface area contributed by atoms with Crippen LogP contribution in [0.3, 0.4) is 0 Å². The Labute approximate surface area is 161 Å². The molecule has 2 aliphatic heterocycles. The minimum atomic E-state index is 0.174. The van der Waals surface area contributed by atoms with E-state index in [1.165, 1.54) is 45.6 Å². The minimum absolute atomic E-state index is 0.174. The molecule has 0 aromatic heterocycles. The topological polar surface area (TPSA) is 43.9 Å². The van der Waals surface area contributed by atoms with Crippen molar-refractivity contribution in [1.29, 1.82) is 0 Å². The predicted molar refractivity (Wildman–Crippen MR) is 108 cm³/mol. The summed E-state index contributed by atoms with van der Waals surface area (Å²) < 4.78 is 0. The summed E-state index contributed by atoms with van der Waals surface area (Å²) in [7, 11) is 2.20. The van der Waals surface area contributed by atoms with Gasteiger partial charge in [0.25, 0.3) is 0 Å². The first-order valence-electron chi connectivity index (χ1n) is 10.8. The molecular formula is C21H41N3O2. The third kappa shape index (κ3) is 8.63. The van der Waals surface area contributed by atoms with E-state index in [-0.39, 0.29) is 11.7 Å². The zero-order valence-corrected chi connectivity index (χ0v) is 17.6. The molecule has 0 unspecified atom stereocenters. The molecule has 0 spiro atoms. The molecule has 2 rings (SSSR count). The second kappa shape index (κ2) is 13.3. The quantitative estimate of drug-likeness (QED) is 0.661. The number of carbonyl (C=O) groups is 2. The molecule has 2 saturated heterocycles. The lowest BCUT2D eigenvalue weighted by atomic mass is 9.92. The summed E-state index contributed by atoms with van der Waals surface area (Å²) in [4.78, 5) is 30.4. The Morgan fingerprint density at radius 3 is 2.12 bits per heavy atom. The van der Waals surface area contributed by atoms with Crippen molar-refractivity contribution >= 4 is 11.7 Å². The number of rotatable bonds is 8. The molecule has 0 saturated carbocycles. The molecule has 0 radical (unpaired) electrons. The van der Waals surface area contributed by atoms with E-state index in [1.54, 1.807) is 0 Å². The largest absolute Gasteiger partial charge is 0.343 e. The Balaban J connectivity index is 0.00000163. The van der Waals surface area contributed by atoms with E-state index >= 15 is 0 Å². The van der Waals surface area contributed by atoms with Gasteiger partial charge < -0.3 is 14.7 Å². The van der Waals surface area contributed by atoms with Gasteiger partial charge in [-0.1, -0.05) is 20.8 Å². The van der Waals surface area contributed by atoms with Crippen LogP contribution in [0.5, 0.6) is 0 Å². The van der Waals surface area contributed by atoms with Gasteiger partial charge in [-0.3, -0.25) is 9.59 Å². The van der Waals surface area contributed by atoms with Crippen LogP contribution in [0.4, 0.5) is 0 Å². The molecule has 152 valence electrons. The number of ketones is 1. The van der Waals surface area contributed by atoms with E-state index in [4.69, 9.17) is 0 Å². The number of piperidine rings is 1. The number of hydrogen-bond donors (Lipinski definition) is 0. The van der Waals surface area contributed by atoms with Gasteiger partial charge in [0, 0.05) is 58.5 Å². The molecule has 5 heteroatoms. The lowest BCUT2D eigenvalue weighted by molar-refractivity contribution is -0.134. The molecule has 2 fully saturated rings. The van der Waals surface area contributed by atoms with Crippen molar-refractivity contribution in [2.75, 3.05) is 52.9 Å². The van der Waals surface area contributed by atoms with Crippen LogP contribution in [0.2, 0.25) is 0 Å². The van der Waals surface area contributed by atoms with Crippen LogP contribution in [0.15, 0.2) is 0 Å². The Morgan fingerprint density at radius 1 is 0.923 bits per heavy atom. The highest BCUT2D eigenvalue weighted by molar-refractivity contribution is 5.84. The van der Waals surface area contributed by atoms with Crippen molar-refractivity contribution in [3.63, 3.8) is 0 Å². The van der Waals surface area contributed by atoms with E-state index in [0.717, 1.165) is 31.8 Å². The summed E-state index contributed by atoms with van der Waals surface area (Å²) in [5, 5.41) is 0. The van der Waals surface area contributed by atoms with E-state index in [1.807, 2.05) is 25.7 Å². The van der Waals surface area contributed by atoms with Gasteiger partial charge in [-0.2, -0.15) is 0 Å². The van der Waals surface area contributed by atoms with E-state index < -0.39 is 0 Å². The van der Waals surface area contributed by atoms with Crippen molar-refractivity contribution in [2.45, 2.75) is 65.7 Å². The molecule has 1 amide bonds. The predicted octanol–water partition coefficient (Wildman–Crippen LogP) is 3.04. The number of nitrogens with zero attached hydrogens (tertiary/aromatic N) is 3. The number of likely N-dealkylation sites (tertiary alicyclic amines) is 1. The van der Waals surface area contributed by atoms with Crippen LogP contribution in [0, 0.1) is 5.92 Å². The van der Waals surface area contributed by atoms with Crippen molar-refractivity contribution < 1.29 is 9.59 Å². The first-order chi connectivity index (χ1) is 12.6. The van der Waals surface area contributed by atoms with Gasteiger partial charge >= 0.3 is 0 Å². The maximum Gasteiger partial charge on any atom is 0.223 e. The Hall–Kier alpha value is -0.940. The fourth-order valence-corrected chi connectivity index (χ4v) is 3.73. The molecule has 0 aromatic rings. The Bertz CT molecular complexity index is 398. The van der Waals surface area contributed by atoms with E-state index in [0.29, 0.717) is 19.3 Å². The van der Waals surface area contributed by atoms with Crippen molar-refractivity contribution in [3.8, 4) is 0 Å². The summed E-state index contributed by atoms with van der Waals surface area (Å²) in [6, 6.07) is 0. The maximum absolute atomic E-state index is 12.1. The zero-order valence-electron chi connectivity index (χ0n) is 17.6. The smallest absolute Gasteiger partial charge is 0.223 e. The summed E-state index contributed by atoms with van der Waals surface area (Å²) in [6.07, 6.45) is 6.21. The van der Waals surface area contributed by atoms with Crippen LogP contribution in [-0.2, 0) is 9.59 Å². The molecule has 26 heavy (non-hydrogen) atoms. The van der Waals surface area contributed by atoms with E-state index in [2.05, 4.69) is 16.8 Å². The van der Waals surface area contributed by atoms with Gasteiger partial charge in [0.15, 0.2) is 0 Å². The molecular weight excluding hydrogens is 326 g/mol. The highest BCUT2D eigenvalue weighted by atomic mass is 16.2. The molecule has 0 aromatic carbocycles. The van der Waals surface area contributed by atoms with E-state index in [9.17, 15) is 9.59 Å². The number of carbonyl (C=O) groups excluding carboxylic acids is 2. The van der Waals surface area contributed by atoms with Gasteiger partial charge in [0.2, 0.25) is 5.91 Å². The van der Waals surface area contributed by atoms with Gasteiger partial charge in [-0.15, -0.1) is 0 Å². The van der Waals surface area contributed by atoms with Crippen molar-refractivity contribution in [3.05, 3.63) is 0 Å². The monoisotopic (exact) mass is 367 g/mol. The minimum Gasteiger partial charge on any atom is -0.343 e. The second-order valence-electron chi connectivity index (χ2n) is 7.50. The second-order valence-corrected chi connectivity index (χ2v) is 7.50. The maximum atomic E-state index is 12.1. The van der Waals surface area contributed by atoms with Crippen LogP contribution >= 0.6 is 0 Å². The SMILES string of the molecule is CC.CCC(=O)CCC(=O)N1CCC(CCCN2CCN(C)CC2)CC1. The zero-order chi connectivity index (χ0) is 19.4. The van der Waals surface area contributed by atoms with Crippen LogP contribution in [0.1, 0.15) is 65.7 Å². The Morgan fingerprint density at radius 2 is 1.54 bits per heavy atom. The van der Waals surface area contributed by atoms with Gasteiger partial charge in [0.05, 0.1) is 0 Å². The lowest BCUT2D eigenvalue weighted by Gasteiger charge is -2.34. The highest BCUT2D eigenvalue weighted by Crippen LogP contribution is 2.23. The highest BCUT2D eigenvalue weighted by Gasteiger charge is 2.23. The van der Waals surface area contributed by atoms with Crippen molar-refractivity contribution in [1.82, 2.24) is 14.7 Å². The lowest BCUT2D eigenvalue weighted by Crippen LogP contribution is -2.44. The number of amides is 1. The average molecular weight is 368 g/mol. The normalized spacial score (nSPS) is 19.8. The summed E-state index contributed by atoms with van der Waals surface area (Å²) in [6.45, 7) is 13.7. The molecule has 2 aliphatic rings. The van der Waals surface area contributed by atoms with Crippen LogP contribution < -0.4 is 0 Å². The van der Waals surface area contributed by atoms with Gasteiger partial charge in [-0.25, -0.2) is 0 Å². The van der Waals surface area contributed by atoms with Gasteiger partial charge in [0.1, 0.15) is 5.78 Å². The van der Waals surface area contributed by atoms with Crippen molar-refractivity contribution in [2.24, 2.45) is 5.92 Å². The molecule has 0 atom stereocenters. The first kappa shape index (κ1) is 23.1. The van der Waals surface area contributed by atoms with Crippen LogP contribution in [-0.4, -0.2) is 79.3 Å². The first-order valence-corrected chi connectivity index (χ1v) is 10.8. The molecule has 5 nitrogen and oxygen atoms in total. The molecule has 0 bridgehead atoms. The third-order valence-corrected chi connectivity index (χ3v) is 5.66. The molecule has 0 N–H and O–H groups in total. The molecule has 0 aliphatic carbocycles. The number of Topliss-reactive ketones (excluding diaryl/α,β-unsaturated/α-hetero) is 1. The number of likely N-dealkylation sites (N-methyl/N-ethyl adjacent to an activating group) is 1. The third-order valence-electron chi connectivity index (χ3n) is 5.66.